The molecule has 2 rings (SSSR count). The van der Waals surface area contributed by atoms with Crippen LogP contribution in [0.1, 0.15) is 36.8 Å². The molecule has 2 aromatic rings. The highest BCUT2D eigenvalue weighted by Crippen LogP contribution is 2.28. The van der Waals surface area contributed by atoms with Gasteiger partial charge in [-0.3, -0.25) is 0 Å². The van der Waals surface area contributed by atoms with Crippen LogP contribution in [0.3, 0.4) is 0 Å². The van der Waals surface area contributed by atoms with Gasteiger partial charge in [0.05, 0.1) is 0 Å². The van der Waals surface area contributed by atoms with Crippen molar-refractivity contribution in [2.45, 2.75) is 43.0 Å². The van der Waals surface area contributed by atoms with Crippen molar-refractivity contribution >= 4 is 29.2 Å². The average Bonchev–Trinajstić information content (AvgIpc) is 2.62. The van der Waals surface area contributed by atoms with E-state index in [1.54, 1.807) is 24.3 Å². The van der Waals surface area contributed by atoms with E-state index in [0.717, 1.165) is 24.0 Å². The van der Waals surface area contributed by atoms with Crippen LogP contribution in [0.5, 0.6) is 5.75 Å². The summed E-state index contributed by atoms with van der Waals surface area (Å²) in [5, 5.41) is 8.83. The van der Waals surface area contributed by atoms with Crippen molar-refractivity contribution in [2.24, 2.45) is 0 Å². The zero-order valence-electron chi connectivity index (χ0n) is 14.6. The molecule has 0 saturated heterocycles. The minimum atomic E-state index is -1.75. The van der Waals surface area contributed by atoms with E-state index >= 15 is 0 Å². The highest BCUT2D eigenvalue weighted by molar-refractivity contribution is 6.57. The quantitative estimate of drug-likeness (QED) is 0.387. The lowest BCUT2D eigenvalue weighted by molar-refractivity contribution is -0.138. The maximum atomic E-state index is 14.2. The second kappa shape index (κ2) is 9.90. The van der Waals surface area contributed by atoms with Crippen molar-refractivity contribution in [1.82, 2.24) is 0 Å². The molecule has 0 unspecified atom stereocenters. The zero-order valence-corrected chi connectivity index (χ0v) is 16.1. The van der Waals surface area contributed by atoms with E-state index in [0.29, 0.717) is 12.8 Å². The summed E-state index contributed by atoms with van der Waals surface area (Å²) in [5.74, 6) is -1.90. The summed E-state index contributed by atoms with van der Waals surface area (Å²) in [4.78, 5) is 10.8. The fraction of sp³-hybridized carbons (Fsp3) is 0.350. The van der Waals surface area contributed by atoms with Crippen LogP contribution in [0.15, 0.2) is 42.5 Å². The molecule has 1 N–H and O–H groups in total. The standard InChI is InChI=1S/C20H20Cl2F2O3/c21-20(22,19(25)26)11-3-1-2-4-14-7-10-18(17(24)12-14)27-13-15-5-8-16(23)9-6-15/h5-10,12H,1-4,11,13H2,(H,25,26). The van der Waals surface area contributed by atoms with E-state index in [1.807, 2.05) is 0 Å². The van der Waals surface area contributed by atoms with Crippen molar-refractivity contribution in [3.63, 3.8) is 0 Å². The van der Waals surface area contributed by atoms with Crippen molar-refractivity contribution in [3.05, 3.63) is 65.2 Å². The molecule has 3 nitrogen and oxygen atoms in total. The number of unbranched alkanes of at least 4 members (excludes halogenated alkanes) is 2. The van der Waals surface area contributed by atoms with Gasteiger partial charge in [-0.2, -0.15) is 0 Å². The summed E-state index contributed by atoms with van der Waals surface area (Å²) < 4.78 is 30.7. The Morgan fingerprint density at radius 1 is 1.00 bits per heavy atom. The molecule has 0 bridgehead atoms. The Bertz CT molecular complexity index is 764. The van der Waals surface area contributed by atoms with Crippen LogP contribution in [0.2, 0.25) is 0 Å². The second-order valence-corrected chi connectivity index (χ2v) is 7.73. The van der Waals surface area contributed by atoms with E-state index in [-0.39, 0.29) is 24.6 Å². The lowest BCUT2D eigenvalue weighted by Gasteiger charge is -2.13. The van der Waals surface area contributed by atoms with E-state index in [2.05, 4.69) is 0 Å². The van der Waals surface area contributed by atoms with Gasteiger partial charge in [0.1, 0.15) is 12.4 Å². The molecule has 0 aromatic heterocycles. The van der Waals surface area contributed by atoms with Crippen LogP contribution >= 0.6 is 23.2 Å². The fourth-order valence-electron chi connectivity index (χ4n) is 2.52. The van der Waals surface area contributed by atoms with Gasteiger partial charge in [0.15, 0.2) is 11.6 Å². The van der Waals surface area contributed by atoms with Gasteiger partial charge in [-0.15, -0.1) is 0 Å². The summed E-state index contributed by atoms with van der Waals surface area (Å²) in [6.07, 6.45) is 2.88. The molecular weight excluding hydrogens is 397 g/mol. The molecule has 0 radical (unpaired) electrons. The molecule has 0 heterocycles. The molecule has 2 aromatic carbocycles. The van der Waals surface area contributed by atoms with E-state index in [1.165, 1.54) is 18.2 Å². The second-order valence-electron chi connectivity index (χ2n) is 6.25. The van der Waals surface area contributed by atoms with Crippen molar-refractivity contribution < 1.29 is 23.4 Å². The number of hydrogen-bond donors (Lipinski definition) is 1. The van der Waals surface area contributed by atoms with Gasteiger partial charge in [0.25, 0.3) is 0 Å². The Balaban J connectivity index is 1.77. The number of aryl methyl sites for hydroxylation is 1. The van der Waals surface area contributed by atoms with Crippen LogP contribution in [-0.2, 0) is 17.8 Å². The molecule has 0 aliphatic carbocycles. The predicted octanol–water partition coefficient (Wildman–Crippen LogP) is 5.91. The van der Waals surface area contributed by atoms with Gasteiger partial charge in [-0.05, 0) is 61.1 Å². The summed E-state index contributed by atoms with van der Waals surface area (Å²) in [7, 11) is 0. The van der Waals surface area contributed by atoms with Crippen molar-refractivity contribution in [3.8, 4) is 5.75 Å². The van der Waals surface area contributed by atoms with Crippen LogP contribution < -0.4 is 4.74 Å². The third-order valence-electron chi connectivity index (χ3n) is 4.07. The summed E-state index contributed by atoms with van der Waals surface area (Å²) >= 11 is 11.3. The number of hydrogen-bond acceptors (Lipinski definition) is 2. The Morgan fingerprint density at radius 3 is 2.30 bits per heavy atom. The van der Waals surface area contributed by atoms with Crippen LogP contribution in [0.4, 0.5) is 8.78 Å². The number of alkyl halides is 2. The lowest BCUT2D eigenvalue weighted by atomic mass is 10.0. The molecule has 7 heteroatoms. The van der Waals surface area contributed by atoms with Crippen LogP contribution in [-0.4, -0.2) is 15.4 Å². The minimum absolute atomic E-state index is 0.138. The third-order valence-corrected chi connectivity index (χ3v) is 4.77. The SMILES string of the molecule is O=C(O)C(Cl)(Cl)CCCCCc1ccc(OCc2ccc(F)cc2)c(F)c1. The monoisotopic (exact) mass is 416 g/mol. The van der Waals surface area contributed by atoms with Gasteiger partial charge in [-0.25, -0.2) is 13.6 Å². The van der Waals surface area contributed by atoms with E-state index in [9.17, 15) is 13.6 Å². The number of benzene rings is 2. The molecule has 0 atom stereocenters. The maximum absolute atomic E-state index is 14.2. The van der Waals surface area contributed by atoms with Crippen molar-refractivity contribution in [1.29, 1.82) is 0 Å². The smallest absolute Gasteiger partial charge is 0.340 e. The predicted molar refractivity (Wildman–Crippen MR) is 101 cm³/mol. The Morgan fingerprint density at radius 2 is 1.67 bits per heavy atom. The first-order valence-corrected chi connectivity index (χ1v) is 9.30. The Labute approximate surface area is 166 Å². The first-order valence-electron chi connectivity index (χ1n) is 8.55. The van der Waals surface area contributed by atoms with E-state index in [4.69, 9.17) is 33.0 Å². The van der Waals surface area contributed by atoms with Gasteiger partial charge in [-0.1, -0.05) is 47.8 Å². The molecular formula is C20H20Cl2F2O3. The third kappa shape index (κ3) is 7.00. The van der Waals surface area contributed by atoms with Crippen LogP contribution in [0, 0.1) is 11.6 Å². The minimum Gasteiger partial charge on any atom is -0.486 e. The van der Waals surface area contributed by atoms with E-state index < -0.39 is 16.1 Å². The number of ether oxygens (including phenoxy) is 1. The highest BCUT2D eigenvalue weighted by Gasteiger charge is 2.32. The van der Waals surface area contributed by atoms with Gasteiger partial charge >= 0.3 is 5.97 Å². The molecule has 146 valence electrons. The summed E-state index contributed by atoms with van der Waals surface area (Å²) in [6.45, 7) is 0.152. The number of carboxylic acids is 1. The van der Waals surface area contributed by atoms with Gasteiger partial charge in [0, 0.05) is 0 Å². The molecule has 0 aliphatic rings. The first kappa shape index (κ1) is 21.5. The molecule has 0 aliphatic heterocycles. The topological polar surface area (TPSA) is 46.5 Å². The Hall–Kier alpha value is -1.85. The normalized spacial score (nSPS) is 11.4. The average molecular weight is 417 g/mol. The number of carbonyl (C=O) groups is 1. The maximum Gasteiger partial charge on any atom is 0.340 e. The first-order chi connectivity index (χ1) is 12.8. The molecule has 27 heavy (non-hydrogen) atoms. The lowest BCUT2D eigenvalue weighted by Crippen LogP contribution is -2.25. The summed E-state index contributed by atoms with van der Waals surface area (Å²) in [5.41, 5.74) is 1.57. The number of halogens is 4. The number of rotatable bonds is 10. The fourth-order valence-corrected chi connectivity index (χ4v) is 2.79. The zero-order chi connectivity index (χ0) is 19.9. The molecule has 0 amide bonds. The Kier molecular flexibility index (Phi) is 7.87. The number of aliphatic carboxylic acids is 1. The summed E-state index contributed by atoms with van der Waals surface area (Å²) in [6, 6.07) is 10.6. The highest BCUT2D eigenvalue weighted by atomic mass is 35.5. The largest absolute Gasteiger partial charge is 0.486 e. The van der Waals surface area contributed by atoms with Crippen molar-refractivity contribution in [2.75, 3.05) is 0 Å². The van der Waals surface area contributed by atoms with Gasteiger partial charge < -0.3 is 9.84 Å². The van der Waals surface area contributed by atoms with Crippen LogP contribution in [0.25, 0.3) is 0 Å². The molecule has 0 saturated carbocycles. The van der Waals surface area contributed by atoms with Gasteiger partial charge in [0.2, 0.25) is 4.33 Å². The molecule has 0 spiro atoms. The number of carboxylic acid groups (broad SMARTS) is 1. The molecule has 0 fully saturated rings.